The molecule has 0 bridgehead atoms. The van der Waals surface area contributed by atoms with Crippen LogP contribution in [0.15, 0.2) is 6.20 Å². The van der Waals surface area contributed by atoms with E-state index < -0.39 is 0 Å². The van der Waals surface area contributed by atoms with Crippen molar-refractivity contribution in [3.63, 3.8) is 0 Å². The molecule has 0 saturated heterocycles. The van der Waals surface area contributed by atoms with Gasteiger partial charge in [-0.2, -0.15) is 0 Å². The molecular weight excluding hydrogens is 192 g/mol. The van der Waals surface area contributed by atoms with Crippen LogP contribution in [0.5, 0.6) is 0 Å². The van der Waals surface area contributed by atoms with Gasteiger partial charge in [0.2, 0.25) is 4.69 Å². The number of carbonyl (C=O) groups excluding carboxylic acids is 1. The van der Waals surface area contributed by atoms with Gasteiger partial charge in [-0.1, -0.05) is 4.49 Å². The van der Waals surface area contributed by atoms with Gasteiger partial charge in [0.25, 0.3) is 0 Å². The largest absolute Gasteiger partial charge is 0.280 e. The Hall–Kier alpha value is -0.290. The predicted molar refractivity (Wildman–Crippen MR) is 33.2 cm³/mol. The van der Waals surface area contributed by atoms with Crippen molar-refractivity contribution >= 4 is 32.2 Å². The van der Waals surface area contributed by atoms with Crippen molar-refractivity contribution in [1.82, 2.24) is 9.59 Å². The number of halogens is 1. The van der Waals surface area contributed by atoms with E-state index in [1.165, 1.54) is 6.20 Å². The Morgan fingerprint density at radius 1 is 1.88 bits per heavy atom. The Bertz CT molecular complexity index is 185. The first-order chi connectivity index (χ1) is 3.80. The average Bonchev–Trinajstić information content (AvgIpc) is 2.12. The van der Waals surface area contributed by atoms with Crippen LogP contribution in [0.2, 0.25) is 0 Å². The molecule has 0 atom stereocenters. The van der Waals surface area contributed by atoms with E-state index in [1.54, 1.807) is 0 Å². The zero-order chi connectivity index (χ0) is 5.98. The lowest BCUT2D eigenvalue weighted by Crippen LogP contribution is -1.77. The Morgan fingerprint density at radius 2 is 2.62 bits per heavy atom. The van der Waals surface area contributed by atoms with Gasteiger partial charge in [0.05, 0.1) is 6.20 Å². The van der Waals surface area contributed by atoms with E-state index in [0.717, 1.165) is 11.5 Å². The van der Waals surface area contributed by atoms with E-state index in [0.29, 0.717) is 4.88 Å². The van der Waals surface area contributed by atoms with Gasteiger partial charge in [0.1, 0.15) is 4.88 Å². The number of hydrogen-bond donors (Lipinski definition) is 0. The van der Waals surface area contributed by atoms with E-state index in [2.05, 4.69) is 25.5 Å². The molecule has 42 valence electrons. The van der Waals surface area contributed by atoms with Gasteiger partial charge in [0, 0.05) is 0 Å². The van der Waals surface area contributed by atoms with E-state index in [1.807, 2.05) is 0 Å². The first-order valence-electron chi connectivity index (χ1n) is 1.78. The zero-order valence-corrected chi connectivity index (χ0v) is 6.07. The third kappa shape index (κ3) is 1.10. The summed E-state index contributed by atoms with van der Waals surface area (Å²) < 4.78 is 3.32. The third-order valence-electron chi connectivity index (χ3n) is 0.555. The standard InChI is InChI=1S/C3HBrN2OS/c4-3(7)2-1-5-6-8-2/h1H. The fourth-order valence-electron chi connectivity index (χ4n) is 0.254. The molecule has 0 aliphatic carbocycles. The summed E-state index contributed by atoms with van der Waals surface area (Å²) in [6.07, 6.45) is 1.42. The molecule has 0 aromatic carbocycles. The third-order valence-corrected chi connectivity index (χ3v) is 1.91. The van der Waals surface area contributed by atoms with Crippen molar-refractivity contribution in [2.24, 2.45) is 0 Å². The Balaban J connectivity index is 2.93. The monoisotopic (exact) mass is 192 g/mol. The SMILES string of the molecule is O=C(Br)c1cnns1. The highest BCUT2D eigenvalue weighted by atomic mass is 79.9. The number of aromatic nitrogens is 2. The summed E-state index contributed by atoms with van der Waals surface area (Å²) in [5.74, 6) is 0. The second-order valence-electron chi connectivity index (χ2n) is 1.06. The first kappa shape index (κ1) is 5.84. The molecule has 0 amide bonds. The normalized spacial score (nSPS) is 9.12. The summed E-state index contributed by atoms with van der Waals surface area (Å²) in [4.78, 5) is 10.9. The number of carbonyl (C=O) groups is 1. The maximum Gasteiger partial charge on any atom is 0.241 e. The van der Waals surface area contributed by atoms with Gasteiger partial charge in [-0.25, -0.2) is 0 Å². The van der Waals surface area contributed by atoms with E-state index in [9.17, 15) is 4.79 Å². The molecular formula is C3HBrN2OS. The molecule has 0 fully saturated rings. The molecule has 1 rings (SSSR count). The highest BCUT2D eigenvalue weighted by Gasteiger charge is 2.00. The average molecular weight is 193 g/mol. The molecule has 1 heterocycles. The Labute approximate surface area is 58.0 Å². The van der Waals surface area contributed by atoms with Crippen molar-refractivity contribution in [3.05, 3.63) is 11.1 Å². The van der Waals surface area contributed by atoms with Crippen LogP contribution in [0.4, 0.5) is 0 Å². The maximum atomic E-state index is 10.4. The lowest BCUT2D eigenvalue weighted by molar-refractivity contribution is 0.109. The van der Waals surface area contributed by atoms with Crippen LogP contribution in [0, 0.1) is 0 Å². The van der Waals surface area contributed by atoms with Crippen LogP contribution in [-0.2, 0) is 0 Å². The van der Waals surface area contributed by atoms with E-state index in [4.69, 9.17) is 0 Å². The highest BCUT2D eigenvalue weighted by molar-refractivity contribution is 9.18. The summed E-state index contributed by atoms with van der Waals surface area (Å²) in [5, 5.41) is 3.46. The van der Waals surface area contributed by atoms with Gasteiger partial charge < -0.3 is 0 Å². The molecule has 8 heavy (non-hydrogen) atoms. The van der Waals surface area contributed by atoms with Crippen LogP contribution >= 0.6 is 27.5 Å². The summed E-state index contributed by atoms with van der Waals surface area (Å²) in [6.45, 7) is 0. The van der Waals surface area contributed by atoms with Crippen molar-refractivity contribution in [2.45, 2.75) is 0 Å². The zero-order valence-electron chi connectivity index (χ0n) is 3.67. The minimum Gasteiger partial charge on any atom is -0.280 e. The molecule has 5 heteroatoms. The van der Waals surface area contributed by atoms with Crippen LogP contribution < -0.4 is 0 Å². The van der Waals surface area contributed by atoms with Gasteiger partial charge in [-0.15, -0.1) is 5.10 Å². The van der Waals surface area contributed by atoms with Gasteiger partial charge >= 0.3 is 0 Å². The lowest BCUT2D eigenvalue weighted by Gasteiger charge is -1.73. The summed E-state index contributed by atoms with van der Waals surface area (Å²) in [7, 11) is 0. The molecule has 1 aromatic heterocycles. The molecule has 0 unspecified atom stereocenters. The van der Waals surface area contributed by atoms with Crippen LogP contribution in [0.3, 0.4) is 0 Å². The molecule has 1 aromatic rings. The molecule has 3 nitrogen and oxygen atoms in total. The van der Waals surface area contributed by atoms with Crippen molar-refractivity contribution in [2.75, 3.05) is 0 Å². The number of hydrogen-bond acceptors (Lipinski definition) is 4. The predicted octanol–water partition coefficient (Wildman–Crippen LogP) is 1.07. The Kier molecular flexibility index (Phi) is 1.69. The Morgan fingerprint density at radius 3 is 2.88 bits per heavy atom. The molecule has 0 radical (unpaired) electrons. The maximum absolute atomic E-state index is 10.4. The van der Waals surface area contributed by atoms with E-state index in [-0.39, 0.29) is 4.69 Å². The fourth-order valence-corrected chi connectivity index (χ4v) is 0.922. The van der Waals surface area contributed by atoms with Crippen LogP contribution in [0.1, 0.15) is 9.67 Å². The molecule has 0 N–H and O–H groups in total. The minimum absolute atomic E-state index is 0.160. The summed E-state index contributed by atoms with van der Waals surface area (Å²) >= 11 is 3.83. The van der Waals surface area contributed by atoms with Gasteiger partial charge in [0.15, 0.2) is 0 Å². The lowest BCUT2D eigenvalue weighted by atomic mass is 10.6. The fraction of sp³-hybridized carbons (Fsp3) is 0. The van der Waals surface area contributed by atoms with E-state index >= 15 is 0 Å². The van der Waals surface area contributed by atoms with Crippen LogP contribution in [0.25, 0.3) is 0 Å². The van der Waals surface area contributed by atoms with Crippen LogP contribution in [-0.4, -0.2) is 14.3 Å². The topological polar surface area (TPSA) is 42.9 Å². The van der Waals surface area contributed by atoms with Crippen molar-refractivity contribution < 1.29 is 4.79 Å². The quantitative estimate of drug-likeness (QED) is 0.626. The second-order valence-corrected chi connectivity index (χ2v) is 2.56. The van der Waals surface area contributed by atoms with Crippen molar-refractivity contribution in [1.29, 1.82) is 0 Å². The number of nitrogens with zero attached hydrogens (tertiary/aromatic N) is 2. The van der Waals surface area contributed by atoms with Gasteiger partial charge in [-0.3, -0.25) is 4.79 Å². The molecule has 0 aliphatic heterocycles. The number of rotatable bonds is 1. The minimum atomic E-state index is -0.160. The molecule has 0 aliphatic rings. The summed E-state index contributed by atoms with van der Waals surface area (Å²) in [5.41, 5.74) is 0. The molecule has 0 spiro atoms. The first-order valence-corrected chi connectivity index (χ1v) is 3.34. The molecule has 0 saturated carbocycles. The highest BCUT2D eigenvalue weighted by Crippen LogP contribution is 2.06. The summed E-state index contributed by atoms with van der Waals surface area (Å²) in [6, 6.07) is 0. The smallest absolute Gasteiger partial charge is 0.241 e. The second kappa shape index (κ2) is 2.32. The van der Waals surface area contributed by atoms with Crippen molar-refractivity contribution in [3.8, 4) is 0 Å². The van der Waals surface area contributed by atoms with Gasteiger partial charge in [-0.05, 0) is 27.5 Å².